The van der Waals surface area contributed by atoms with E-state index in [2.05, 4.69) is 9.97 Å². The number of hydrogen-bond acceptors (Lipinski definition) is 16. The monoisotopic (exact) mass is 1010 g/mol. The molecular weight excluding hydrogens is 968 g/mol. The Morgan fingerprint density at radius 3 is 0.682 bits per heavy atom. The van der Waals surface area contributed by atoms with Gasteiger partial charge in [0.2, 0.25) is 11.8 Å². The third-order valence-electron chi connectivity index (χ3n) is 7.19. The number of carbonyl (C=O) groups is 6. The molecule has 20 nitrogen and oxygen atoms in total. The third kappa shape index (κ3) is 26.6. The number of hydrogen-bond donors (Lipinski definition) is 2. The SMILES string of the molecule is COc1ccc(C(=O)[O-])cc1.COc1ccc(C(=O)[O-])cc1.COc1ccc(C(=O)[O-])cc1.COc1ccc(C(=O)[O-])cc1.NC(=O)c1cccnc1.NC(=O)c1cccnc1.[Cu+2].[Cu+2].[OH3+].[OH3+]. The van der Waals surface area contributed by atoms with Crippen molar-refractivity contribution >= 4 is 35.7 Å². The number of nitrogens with zero attached hydrogens (tertiary/aromatic N) is 2. The third-order valence-corrected chi connectivity index (χ3v) is 7.19. The Hall–Kier alpha value is -7.84. The van der Waals surface area contributed by atoms with Gasteiger partial charge in [0, 0.05) is 24.8 Å². The van der Waals surface area contributed by atoms with E-state index in [1.165, 1.54) is 89.4 Å². The van der Waals surface area contributed by atoms with Gasteiger partial charge in [0.05, 0.1) is 63.4 Å². The zero-order chi connectivity index (χ0) is 46.5. The van der Waals surface area contributed by atoms with Crippen LogP contribution in [0.1, 0.15) is 62.1 Å². The molecule has 6 aromatic rings. The number of carboxylic acid groups (broad SMARTS) is 4. The van der Waals surface area contributed by atoms with Gasteiger partial charge in [-0.2, -0.15) is 0 Å². The summed E-state index contributed by atoms with van der Waals surface area (Å²) in [7, 11) is 6.09. The summed E-state index contributed by atoms with van der Waals surface area (Å²) < 4.78 is 19.3. The minimum atomic E-state index is -1.17. The van der Waals surface area contributed by atoms with Crippen LogP contribution < -0.4 is 50.8 Å². The van der Waals surface area contributed by atoms with Crippen LogP contribution in [-0.4, -0.2) is 74.1 Å². The summed E-state index contributed by atoms with van der Waals surface area (Å²) in [6.45, 7) is 0. The predicted molar refractivity (Wildman–Crippen MR) is 225 cm³/mol. The van der Waals surface area contributed by atoms with E-state index in [0.717, 1.165) is 0 Å². The van der Waals surface area contributed by atoms with E-state index in [4.69, 9.17) is 30.4 Å². The fraction of sp³-hybridized carbons (Fsp3) is 0.0909. The number of methoxy groups -OCH3 is 4. The molecule has 4 aromatic carbocycles. The Labute approximate surface area is 399 Å². The second-order valence-electron chi connectivity index (χ2n) is 11.3. The molecule has 2 aromatic heterocycles. The molecule has 2 radical (unpaired) electrons. The number of carboxylic acids is 4. The molecule has 66 heavy (non-hydrogen) atoms. The summed E-state index contributed by atoms with van der Waals surface area (Å²) in [5.74, 6) is -3.04. The first-order valence-corrected chi connectivity index (χ1v) is 17.4. The fourth-order valence-electron chi connectivity index (χ4n) is 3.93. The molecule has 358 valence electrons. The molecule has 22 heteroatoms. The number of amides is 2. The average molecular weight is 1010 g/mol. The molecule has 2 amide bonds. The van der Waals surface area contributed by atoms with Crippen molar-refractivity contribution in [3.05, 3.63) is 179 Å². The summed E-state index contributed by atoms with van der Waals surface area (Å²) in [6, 6.07) is 30.7. The van der Waals surface area contributed by atoms with Crippen LogP contribution in [0.5, 0.6) is 23.0 Å². The molecule has 0 spiro atoms. The fourth-order valence-corrected chi connectivity index (χ4v) is 3.93. The van der Waals surface area contributed by atoms with Crippen LogP contribution in [0.25, 0.3) is 0 Å². The summed E-state index contributed by atoms with van der Waals surface area (Å²) in [6.07, 6.45) is 6.05. The summed E-state index contributed by atoms with van der Waals surface area (Å²) in [5, 5.41) is 41.0. The number of aromatic carboxylic acids is 4. The number of rotatable bonds is 10. The minimum absolute atomic E-state index is 0. The quantitative estimate of drug-likeness (QED) is 0.120. The first-order chi connectivity index (χ1) is 29.6. The van der Waals surface area contributed by atoms with Gasteiger partial charge in [-0.25, -0.2) is 0 Å². The molecule has 0 aliphatic heterocycles. The summed E-state index contributed by atoms with van der Waals surface area (Å²) >= 11 is 0. The van der Waals surface area contributed by atoms with Gasteiger partial charge in [-0.3, -0.25) is 19.6 Å². The van der Waals surface area contributed by atoms with Crippen molar-refractivity contribution in [3.8, 4) is 23.0 Å². The van der Waals surface area contributed by atoms with Crippen molar-refractivity contribution < 1.29 is 113 Å². The molecule has 0 unspecified atom stereocenters. The molecule has 0 bridgehead atoms. The van der Waals surface area contributed by atoms with E-state index < -0.39 is 35.7 Å². The van der Waals surface area contributed by atoms with E-state index >= 15 is 0 Å². The molecule has 0 aliphatic carbocycles. The number of primary amides is 2. The van der Waals surface area contributed by atoms with Crippen molar-refractivity contribution in [1.29, 1.82) is 0 Å². The molecule has 2 heterocycles. The van der Waals surface area contributed by atoms with Crippen LogP contribution in [0.2, 0.25) is 0 Å². The number of benzene rings is 4. The summed E-state index contributed by atoms with van der Waals surface area (Å²) in [5.41, 5.74) is 11.4. The van der Waals surface area contributed by atoms with E-state index in [9.17, 15) is 49.2 Å². The predicted octanol–water partition coefficient (Wildman–Crippen LogP) is -1.25. The van der Waals surface area contributed by atoms with Gasteiger partial charge in [-0.05, 0) is 144 Å². The zero-order valence-corrected chi connectivity index (χ0v) is 37.3. The molecule has 6 rings (SSSR count). The topological polar surface area (TPSA) is 375 Å². The summed E-state index contributed by atoms with van der Waals surface area (Å²) in [4.78, 5) is 69.2. The Balaban J connectivity index is -0.000000346. The maximum absolute atomic E-state index is 10.4. The number of carbonyl (C=O) groups excluding carboxylic acids is 6. The molecular formula is C44H46Cu2N4O16+2. The normalized spacial score (nSPS) is 8.55. The van der Waals surface area contributed by atoms with E-state index in [1.54, 1.807) is 85.2 Å². The van der Waals surface area contributed by atoms with E-state index in [0.29, 0.717) is 34.1 Å². The standard InChI is InChI=1S/4C8H8O3.2C6H6N2O.2Cu.2H2O/c4*1-11-7-4-2-6(3-5-7)8(9)10;2*7-6(9)5-2-1-3-8-4-5;;;;/h4*2-5H,1H3,(H,9,10);2*1-4H,(H2,7,9);;;2*1H2/q;;;;;;2*+2;;/p-2. The average Bonchev–Trinajstić information content (AvgIpc) is 3.30. The van der Waals surface area contributed by atoms with Crippen LogP contribution in [0, 0.1) is 0 Å². The van der Waals surface area contributed by atoms with Gasteiger partial charge in [-0.1, -0.05) is 0 Å². The zero-order valence-electron chi connectivity index (χ0n) is 35.4. The van der Waals surface area contributed by atoms with E-state index in [1.807, 2.05) is 0 Å². The molecule has 0 atom stereocenters. The molecule has 0 saturated carbocycles. The van der Waals surface area contributed by atoms with Crippen molar-refractivity contribution in [1.82, 2.24) is 9.97 Å². The Morgan fingerprint density at radius 1 is 0.379 bits per heavy atom. The Kier molecular flexibility index (Phi) is 35.9. The van der Waals surface area contributed by atoms with Crippen LogP contribution in [0.15, 0.2) is 146 Å². The Bertz CT molecular complexity index is 2010. The number of ether oxygens (including phenoxy) is 4. The first-order valence-electron chi connectivity index (χ1n) is 17.4. The first kappa shape index (κ1) is 64.8. The molecule has 10 N–H and O–H groups in total. The molecule has 0 fully saturated rings. The van der Waals surface area contributed by atoms with Gasteiger partial charge < -0.3 is 81.0 Å². The van der Waals surface area contributed by atoms with E-state index in [-0.39, 0.29) is 67.3 Å². The van der Waals surface area contributed by atoms with Crippen molar-refractivity contribution in [3.63, 3.8) is 0 Å². The minimum Gasteiger partial charge on any atom is -0.545 e. The van der Waals surface area contributed by atoms with Crippen molar-refractivity contribution in [2.45, 2.75) is 0 Å². The van der Waals surface area contributed by atoms with Crippen LogP contribution >= 0.6 is 0 Å². The van der Waals surface area contributed by atoms with Crippen molar-refractivity contribution in [2.75, 3.05) is 28.4 Å². The maximum Gasteiger partial charge on any atom is 2.00 e. The number of nitrogens with two attached hydrogens (primary N) is 2. The van der Waals surface area contributed by atoms with Crippen LogP contribution in [0.4, 0.5) is 0 Å². The van der Waals surface area contributed by atoms with Gasteiger partial charge >= 0.3 is 34.1 Å². The maximum atomic E-state index is 10.4. The van der Waals surface area contributed by atoms with Gasteiger partial charge in [0.1, 0.15) is 23.0 Å². The number of pyridine rings is 2. The molecule has 0 aliphatic rings. The van der Waals surface area contributed by atoms with Crippen LogP contribution in [0.3, 0.4) is 0 Å². The van der Waals surface area contributed by atoms with Crippen LogP contribution in [-0.2, 0) is 45.1 Å². The van der Waals surface area contributed by atoms with Gasteiger partial charge in [0.15, 0.2) is 0 Å². The largest absolute Gasteiger partial charge is 2.00 e. The van der Waals surface area contributed by atoms with Gasteiger partial charge in [-0.15, -0.1) is 0 Å². The second-order valence-corrected chi connectivity index (χ2v) is 11.3. The van der Waals surface area contributed by atoms with Gasteiger partial charge in [0.25, 0.3) is 0 Å². The number of aromatic nitrogens is 2. The smallest absolute Gasteiger partial charge is 0.545 e. The second kappa shape index (κ2) is 36.6. The Morgan fingerprint density at radius 2 is 0.576 bits per heavy atom. The molecule has 0 saturated heterocycles. The van der Waals surface area contributed by atoms with Crippen molar-refractivity contribution in [2.24, 2.45) is 11.5 Å².